The van der Waals surface area contributed by atoms with E-state index in [9.17, 15) is 5.26 Å². The number of hydrogen-bond donors (Lipinski definition) is 0. The summed E-state index contributed by atoms with van der Waals surface area (Å²) in [5.74, 6) is 0.803. The van der Waals surface area contributed by atoms with Crippen LogP contribution in [0.4, 0.5) is 0 Å². The fraction of sp³-hybridized carbons (Fsp3) is 0.100. The van der Waals surface area contributed by atoms with Gasteiger partial charge in [-0.3, -0.25) is 4.98 Å². The van der Waals surface area contributed by atoms with Crippen LogP contribution < -0.4 is 4.74 Å². The van der Waals surface area contributed by atoms with Gasteiger partial charge in [-0.15, -0.1) is 0 Å². The first kappa shape index (κ1) is 16.2. The van der Waals surface area contributed by atoms with Gasteiger partial charge in [-0.05, 0) is 55.0 Å². The normalized spacial score (nSPS) is 10.2. The first-order valence-corrected chi connectivity index (χ1v) is 8.24. The van der Waals surface area contributed by atoms with E-state index < -0.39 is 0 Å². The Kier molecular flexibility index (Phi) is 4.64. The third kappa shape index (κ3) is 3.17. The summed E-state index contributed by atoms with van der Waals surface area (Å²) in [4.78, 5) is 4.60. The summed E-state index contributed by atoms with van der Waals surface area (Å²) in [6.45, 7) is 1.87. The lowest BCUT2D eigenvalue weighted by molar-refractivity contribution is 0.415. The van der Waals surface area contributed by atoms with Crippen LogP contribution in [-0.2, 0) is 0 Å². The van der Waals surface area contributed by atoms with Gasteiger partial charge < -0.3 is 4.74 Å². The summed E-state index contributed by atoms with van der Waals surface area (Å²) in [7, 11) is 1.64. The van der Waals surface area contributed by atoms with Crippen LogP contribution in [0.15, 0.2) is 59.1 Å². The average Bonchev–Trinajstić information content (AvgIpc) is 2.62. The van der Waals surface area contributed by atoms with Gasteiger partial charge in [-0.2, -0.15) is 5.26 Å². The second-order valence-electron chi connectivity index (χ2n) is 5.36. The molecule has 0 unspecified atom stereocenters. The van der Waals surface area contributed by atoms with E-state index >= 15 is 0 Å². The molecule has 0 bridgehead atoms. The monoisotopic (exact) mass is 378 g/mol. The predicted octanol–water partition coefficient (Wildman–Crippen LogP) is 5.37. The predicted molar refractivity (Wildman–Crippen MR) is 98.8 cm³/mol. The number of rotatable bonds is 3. The summed E-state index contributed by atoms with van der Waals surface area (Å²) in [6.07, 6.45) is 0. The number of nitriles is 1. The Morgan fingerprint density at radius 3 is 2.21 bits per heavy atom. The van der Waals surface area contributed by atoms with E-state index in [1.54, 1.807) is 7.11 Å². The van der Waals surface area contributed by atoms with Crippen molar-refractivity contribution < 1.29 is 4.74 Å². The molecule has 3 nitrogen and oxygen atoms in total. The average molecular weight is 379 g/mol. The van der Waals surface area contributed by atoms with Gasteiger partial charge in [-0.1, -0.05) is 28.1 Å². The molecule has 0 atom stereocenters. The second kappa shape index (κ2) is 6.86. The van der Waals surface area contributed by atoms with Gasteiger partial charge in [0.05, 0.1) is 24.1 Å². The highest BCUT2D eigenvalue weighted by molar-refractivity contribution is 9.10. The van der Waals surface area contributed by atoms with Gasteiger partial charge in [0.1, 0.15) is 11.8 Å². The van der Waals surface area contributed by atoms with E-state index in [2.05, 4.69) is 27.0 Å². The van der Waals surface area contributed by atoms with Gasteiger partial charge >= 0.3 is 0 Å². The smallest absolute Gasteiger partial charge is 0.118 e. The fourth-order valence-electron chi connectivity index (χ4n) is 2.58. The minimum absolute atomic E-state index is 0.606. The molecule has 3 aromatic rings. The van der Waals surface area contributed by atoms with Crippen molar-refractivity contribution in [2.75, 3.05) is 7.11 Å². The van der Waals surface area contributed by atoms with E-state index in [4.69, 9.17) is 4.74 Å². The van der Waals surface area contributed by atoms with Gasteiger partial charge in [0.25, 0.3) is 0 Å². The van der Waals surface area contributed by atoms with Crippen molar-refractivity contribution in [3.05, 3.63) is 70.3 Å². The minimum Gasteiger partial charge on any atom is -0.497 e. The number of benzene rings is 2. The molecule has 3 rings (SSSR count). The van der Waals surface area contributed by atoms with Crippen molar-refractivity contribution in [2.45, 2.75) is 6.92 Å². The summed E-state index contributed by atoms with van der Waals surface area (Å²) >= 11 is 3.44. The highest BCUT2D eigenvalue weighted by Gasteiger charge is 2.12. The summed E-state index contributed by atoms with van der Waals surface area (Å²) in [5.41, 5.74) is 5.05. The van der Waals surface area contributed by atoms with Crippen molar-refractivity contribution in [1.82, 2.24) is 4.98 Å². The lowest BCUT2D eigenvalue weighted by Crippen LogP contribution is -1.96. The number of nitrogens with zero attached hydrogens (tertiary/aromatic N) is 2. The Labute approximate surface area is 149 Å². The zero-order valence-electron chi connectivity index (χ0n) is 13.4. The molecule has 0 saturated carbocycles. The van der Waals surface area contributed by atoms with Gasteiger partial charge in [-0.25, -0.2) is 0 Å². The molecular weight excluding hydrogens is 364 g/mol. The second-order valence-corrected chi connectivity index (χ2v) is 6.28. The third-order valence-corrected chi connectivity index (χ3v) is 4.38. The molecule has 1 heterocycles. The molecule has 0 aliphatic carbocycles. The number of aromatic nitrogens is 1. The Morgan fingerprint density at radius 2 is 1.62 bits per heavy atom. The summed E-state index contributed by atoms with van der Waals surface area (Å²) in [6, 6.07) is 19.9. The molecule has 0 N–H and O–H groups in total. The van der Waals surface area contributed by atoms with Crippen LogP contribution in [0.1, 0.15) is 11.3 Å². The summed E-state index contributed by atoms with van der Waals surface area (Å²) < 4.78 is 6.21. The molecular formula is C20H15BrN2O. The Bertz CT molecular complexity index is 910. The van der Waals surface area contributed by atoms with Gasteiger partial charge in [0.15, 0.2) is 0 Å². The molecule has 0 amide bonds. The van der Waals surface area contributed by atoms with Crippen molar-refractivity contribution >= 4 is 15.9 Å². The van der Waals surface area contributed by atoms with E-state index in [0.717, 1.165) is 38.3 Å². The molecule has 0 saturated heterocycles. The minimum atomic E-state index is 0.606. The van der Waals surface area contributed by atoms with E-state index in [1.165, 1.54) is 0 Å². The maximum Gasteiger partial charge on any atom is 0.118 e. The van der Waals surface area contributed by atoms with Crippen molar-refractivity contribution in [2.24, 2.45) is 0 Å². The van der Waals surface area contributed by atoms with E-state index in [1.807, 2.05) is 61.5 Å². The number of pyridine rings is 1. The van der Waals surface area contributed by atoms with Crippen LogP contribution in [0.5, 0.6) is 5.75 Å². The van der Waals surface area contributed by atoms with Crippen LogP contribution in [0.25, 0.3) is 22.4 Å². The highest BCUT2D eigenvalue weighted by atomic mass is 79.9. The molecule has 0 spiro atoms. The molecule has 0 aliphatic rings. The first-order valence-electron chi connectivity index (χ1n) is 7.44. The molecule has 0 radical (unpaired) electrons. The Balaban J connectivity index is 2.15. The molecule has 118 valence electrons. The molecule has 24 heavy (non-hydrogen) atoms. The number of ether oxygens (including phenoxy) is 1. The van der Waals surface area contributed by atoms with Gasteiger partial charge in [0.2, 0.25) is 0 Å². The molecule has 2 aromatic carbocycles. The van der Waals surface area contributed by atoms with E-state index in [0.29, 0.717) is 5.56 Å². The number of halogens is 1. The largest absolute Gasteiger partial charge is 0.497 e. The number of hydrogen-bond acceptors (Lipinski definition) is 3. The molecule has 0 aliphatic heterocycles. The quantitative estimate of drug-likeness (QED) is 0.615. The van der Waals surface area contributed by atoms with Crippen LogP contribution in [0.2, 0.25) is 0 Å². The SMILES string of the molecule is COc1ccc(-c2cc(-c3ccc(Br)cc3)c(C#N)c(C)n2)cc1. The lowest BCUT2D eigenvalue weighted by atomic mass is 9.97. The zero-order chi connectivity index (χ0) is 17.1. The van der Waals surface area contributed by atoms with Crippen molar-refractivity contribution in [3.63, 3.8) is 0 Å². The van der Waals surface area contributed by atoms with Crippen LogP contribution >= 0.6 is 15.9 Å². The molecule has 4 heteroatoms. The van der Waals surface area contributed by atoms with Crippen molar-refractivity contribution in [1.29, 1.82) is 5.26 Å². The maximum atomic E-state index is 9.53. The van der Waals surface area contributed by atoms with Crippen molar-refractivity contribution in [3.8, 4) is 34.2 Å². The van der Waals surface area contributed by atoms with Crippen LogP contribution in [0, 0.1) is 18.3 Å². The fourth-order valence-corrected chi connectivity index (χ4v) is 2.84. The summed E-state index contributed by atoms with van der Waals surface area (Å²) in [5, 5.41) is 9.53. The lowest BCUT2D eigenvalue weighted by Gasteiger charge is -2.11. The maximum absolute atomic E-state index is 9.53. The highest BCUT2D eigenvalue weighted by Crippen LogP contribution is 2.31. The first-order chi connectivity index (χ1) is 11.6. The third-order valence-electron chi connectivity index (χ3n) is 3.85. The zero-order valence-corrected chi connectivity index (χ0v) is 15.0. The molecule has 1 aromatic heterocycles. The standard InChI is InChI=1S/C20H15BrN2O/c1-13-19(12-22)18(14-3-7-16(21)8-4-14)11-20(23-13)15-5-9-17(24-2)10-6-15/h3-11H,1-2H3. The number of aryl methyl sites for hydroxylation is 1. The Morgan fingerprint density at radius 1 is 1.00 bits per heavy atom. The number of methoxy groups -OCH3 is 1. The van der Waals surface area contributed by atoms with Crippen LogP contribution in [0.3, 0.4) is 0 Å². The van der Waals surface area contributed by atoms with Gasteiger partial charge in [0, 0.05) is 15.6 Å². The van der Waals surface area contributed by atoms with E-state index in [-0.39, 0.29) is 0 Å². The van der Waals surface area contributed by atoms with Crippen LogP contribution in [-0.4, -0.2) is 12.1 Å². The Hall–Kier alpha value is -2.64. The topological polar surface area (TPSA) is 45.9 Å². The molecule has 0 fully saturated rings.